The molecule has 0 radical (unpaired) electrons. The molecule has 4 unspecified atom stereocenters. The number of anilines is 2. The number of halogens is 1. The quantitative estimate of drug-likeness (QED) is 0.410. The highest BCUT2D eigenvalue weighted by atomic mass is 35.5. The highest BCUT2D eigenvalue weighted by Gasteiger charge is 2.40. The van der Waals surface area contributed by atoms with Gasteiger partial charge in [-0.15, -0.1) is 16.5 Å². The molecule has 1 amide bonds. The van der Waals surface area contributed by atoms with Gasteiger partial charge < -0.3 is 20.9 Å². The summed E-state index contributed by atoms with van der Waals surface area (Å²) in [5, 5.41) is 9.02. The lowest BCUT2D eigenvalue weighted by atomic mass is 9.98. The van der Waals surface area contributed by atoms with Gasteiger partial charge in [0, 0.05) is 45.5 Å². The van der Waals surface area contributed by atoms with Crippen molar-refractivity contribution in [2.75, 3.05) is 63.1 Å². The average molecular weight is 439 g/mol. The molecule has 10 nitrogen and oxygen atoms in total. The fourth-order valence-electron chi connectivity index (χ4n) is 4.13. The number of carbonyl (C=O) groups is 1. The third-order valence-electron chi connectivity index (χ3n) is 5.86. The normalized spacial score (nSPS) is 25.5. The van der Waals surface area contributed by atoms with E-state index in [4.69, 9.17) is 17.3 Å². The Labute approximate surface area is 182 Å². The number of nitroso groups, excluding NO2 is 1. The van der Waals surface area contributed by atoms with Gasteiger partial charge in [0.2, 0.25) is 5.91 Å². The maximum Gasteiger partial charge on any atom is 0.234 e. The summed E-state index contributed by atoms with van der Waals surface area (Å²) in [5.74, 6) is -1.25. The van der Waals surface area contributed by atoms with Gasteiger partial charge in [-0.3, -0.25) is 20.0 Å². The lowest BCUT2D eigenvalue weighted by molar-refractivity contribution is -0.123. The van der Waals surface area contributed by atoms with Crippen molar-refractivity contribution in [3.63, 3.8) is 0 Å². The van der Waals surface area contributed by atoms with E-state index in [2.05, 4.69) is 37.5 Å². The SMILES string of the molecule is CCN1CCN(c2ccncc2NC(=O)C(C(N)N=O)C2NCC(Cl)CN2C)CC1. The summed E-state index contributed by atoms with van der Waals surface area (Å²) in [6.45, 7) is 7.93. The van der Waals surface area contributed by atoms with Crippen molar-refractivity contribution in [3.8, 4) is 0 Å². The number of amides is 1. The number of hydrogen-bond acceptors (Lipinski definition) is 9. The summed E-state index contributed by atoms with van der Waals surface area (Å²) in [4.78, 5) is 35.2. The van der Waals surface area contributed by atoms with Crippen LogP contribution in [-0.4, -0.2) is 91.3 Å². The number of rotatable bonds is 7. The van der Waals surface area contributed by atoms with E-state index >= 15 is 0 Å². The van der Waals surface area contributed by atoms with Crippen LogP contribution in [0.3, 0.4) is 0 Å². The van der Waals surface area contributed by atoms with Crippen LogP contribution in [0.25, 0.3) is 0 Å². The summed E-state index contributed by atoms with van der Waals surface area (Å²) < 4.78 is 0. The van der Waals surface area contributed by atoms with E-state index in [0.29, 0.717) is 18.8 Å². The summed E-state index contributed by atoms with van der Waals surface area (Å²) in [7, 11) is 1.84. The van der Waals surface area contributed by atoms with Gasteiger partial charge in [0.15, 0.2) is 6.17 Å². The molecule has 166 valence electrons. The standard InChI is InChI=1S/C19H31ClN8O2/c1-3-27-6-8-28(9-7-27)15-4-5-22-11-14(15)24-19(29)16(17(21)25-30)18-23-10-13(20)12-26(18)2/h4-5,11,13,16-18,23H,3,6-10,12,21H2,1-2H3,(H,24,29). The van der Waals surface area contributed by atoms with Crippen LogP contribution in [0.2, 0.25) is 0 Å². The van der Waals surface area contributed by atoms with Gasteiger partial charge in [0.05, 0.1) is 29.1 Å². The van der Waals surface area contributed by atoms with Crippen molar-refractivity contribution in [1.82, 2.24) is 20.1 Å². The number of hydrogen-bond donors (Lipinski definition) is 3. The average Bonchev–Trinajstić information content (AvgIpc) is 2.75. The minimum absolute atomic E-state index is 0.0814. The number of pyridine rings is 1. The molecule has 0 bridgehead atoms. The lowest BCUT2D eigenvalue weighted by Crippen LogP contribution is -2.62. The number of aromatic nitrogens is 1. The van der Waals surface area contributed by atoms with Gasteiger partial charge >= 0.3 is 0 Å². The first kappa shape index (κ1) is 22.8. The van der Waals surface area contributed by atoms with Crippen LogP contribution in [0, 0.1) is 10.8 Å². The van der Waals surface area contributed by atoms with Crippen molar-refractivity contribution >= 4 is 28.9 Å². The molecule has 0 spiro atoms. The number of nitrogens with two attached hydrogens (primary N) is 1. The molecule has 2 fully saturated rings. The molecule has 30 heavy (non-hydrogen) atoms. The first-order valence-electron chi connectivity index (χ1n) is 10.3. The van der Waals surface area contributed by atoms with E-state index in [-0.39, 0.29) is 11.3 Å². The topological polar surface area (TPSA) is 119 Å². The predicted octanol–water partition coefficient (Wildman–Crippen LogP) is 0.298. The van der Waals surface area contributed by atoms with Crippen molar-refractivity contribution < 1.29 is 4.79 Å². The van der Waals surface area contributed by atoms with Crippen LogP contribution in [0.5, 0.6) is 0 Å². The highest BCUT2D eigenvalue weighted by molar-refractivity contribution is 6.21. The molecule has 1 aromatic heterocycles. The van der Waals surface area contributed by atoms with E-state index in [1.807, 2.05) is 18.0 Å². The maximum absolute atomic E-state index is 13.2. The van der Waals surface area contributed by atoms with Crippen LogP contribution in [0.1, 0.15) is 6.92 Å². The van der Waals surface area contributed by atoms with Gasteiger partial charge in [-0.1, -0.05) is 12.1 Å². The number of carbonyl (C=O) groups excluding carboxylic acids is 1. The highest BCUT2D eigenvalue weighted by Crippen LogP contribution is 2.27. The van der Waals surface area contributed by atoms with Crippen LogP contribution < -0.4 is 21.3 Å². The smallest absolute Gasteiger partial charge is 0.234 e. The second kappa shape index (κ2) is 10.5. The Kier molecular flexibility index (Phi) is 7.95. The zero-order valence-electron chi connectivity index (χ0n) is 17.5. The molecule has 1 aromatic rings. The van der Waals surface area contributed by atoms with E-state index < -0.39 is 18.2 Å². The fraction of sp³-hybridized carbons (Fsp3) is 0.684. The summed E-state index contributed by atoms with van der Waals surface area (Å²) >= 11 is 6.19. The second-order valence-corrected chi connectivity index (χ2v) is 8.43. The molecule has 0 saturated carbocycles. The summed E-state index contributed by atoms with van der Waals surface area (Å²) in [5.41, 5.74) is 7.45. The van der Waals surface area contributed by atoms with Gasteiger partial charge in [-0.2, -0.15) is 0 Å². The Morgan fingerprint density at radius 1 is 1.43 bits per heavy atom. The fourth-order valence-corrected chi connectivity index (χ4v) is 4.43. The molecule has 3 heterocycles. The Hall–Kier alpha value is -1.85. The van der Waals surface area contributed by atoms with Crippen LogP contribution in [0.4, 0.5) is 11.4 Å². The number of nitrogens with one attached hydrogen (secondary N) is 2. The van der Waals surface area contributed by atoms with Crippen LogP contribution in [-0.2, 0) is 4.79 Å². The molecular weight excluding hydrogens is 408 g/mol. The van der Waals surface area contributed by atoms with Crippen molar-refractivity contribution in [1.29, 1.82) is 0 Å². The molecule has 0 aliphatic carbocycles. The molecule has 11 heteroatoms. The van der Waals surface area contributed by atoms with Crippen LogP contribution >= 0.6 is 11.6 Å². The Morgan fingerprint density at radius 3 is 2.80 bits per heavy atom. The Morgan fingerprint density at radius 2 is 2.17 bits per heavy atom. The number of nitrogens with zero attached hydrogens (tertiary/aromatic N) is 5. The minimum atomic E-state index is -1.19. The monoisotopic (exact) mass is 438 g/mol. The van der Waals surface area contributed by atoms with Gasteiger partial charge in [-0.05, 0) is 19.7 Å². The van der Waals surface area contributed by atoms with E-state index in [9.17, 15) is 9.70 Å². The molecule has 3 rings (SSSR count). The molecule has 4 atom stereocenters. The largest absolute Gasteiger partial charge is 0.367 e. The minimum Gasteiger partial charge on any atom is -0.367 e. The summed E-state index contributed by atoms with van der Waals surface area (Å²) in [6.07, 6.45) is 1.71. The number of likely N-dealkylation sites (N-methyl/N-ethyl adjacent to an activating group) is 1. The van der Waals surface area contributed by atoms with E-state index in [0.717, 1.165) is 38.4 Å². The Bertz CT molecular complexity index is 730. The lowest BCUT2D eigenvalue weighted by Gasteiger charge is -2.40. The summed E-state index contributed by atoms with van der Waals surface area (Å²) in [6, 6.07) is 1.90. The third kappa shape index (κ3) is 5.25. The maximum atomic E-state index is 13.2. The zero-order valence-corrected chi connectivity index (χ0v) is 18.3. The molecular formula is C19H31ClN8O2. The first-order chi connectivity index (χ1) is 14.4. The van der Waals surface area contributed by atoms with E-state index in [1.54, 1.807) is 12.4 Å². The van der Waals surface area contributed by atoms with Crippen molar-refractivity contribution in [2.45, 2.75) is 24.6 Å². The zero-order chi connectivity index (χ0) is 21.7. The van der Waals surface area contributed by atoms with E-state index in [1.165, 1.54) is 0 Å². The third-order valence-corrected chi connectivity index (χ3v) is 6.15. The number of alkyl halides is 1. The molecule has 2 aliphatic rings. The molecule has 0 aromatic carbocycles. The van der Waals surface area contributed by atoms with Gasteiger partial charge in [0.1, 0.15) is 5.92 Å². The van der Waals surface area contributed by atoms with Gasteiger partial charge in [0.25, 0.3) is 0 Å². The van der Waals surface area contributed by atoms with Crippen molar-refractivity contribution in [2.24, 2.45) is 16.8 Å². The molecule has 2 aliphatic heterocycles. The second-order valence-electron chi connectivity index (χ2n) is 7.82. The molecule has 2 saturated heterocycles. The van der Waals surface area contributed by atoms with Gasteiger partial charge in [-0.25, -0.2) is 0 Å². The Balaban J connectivity index is 1.77. The predicted molar refractivity (Wildman–Crippen MR) is 119 cm³/mol. The first-order valence-corrected chi connectivity index (χ1v) is 10.8. The molecule has 4 N–H and O–H groups in total. The van der Waals surface area contributed by atoms with Crippen molar-refractivity contribution in [3.05, 3.63) is 23.4 Å². The van der Waals surface area contributed by atoms with Crippen LogP contribution in [0.15, 0.2) is 23.6 Å². The number of piperazine rings is 1.